The smallest absolute Gasteiger partial charge is 0.174 e. The second-order valence-corrected chi connectivity index (χ2v) is 9.80. The molecule has 0 unspecified atom stereocenters. The van der Waals surface area contributed by atoms with Gasteiger partial charge in [0, 0.05) is 21.2 Å². The Morgan fingerprint density at radius 2 is 1.87 bits per heavy atom. The molecule has 3 aromatic rings. The summed E-state index contributed by atoms with van der Waals surface area (Å²) in [6.45, 7) is 2.82. The van der Waals surface area contributed by atoms with Crippen LogP contribution in [-0.4, -0.2) is 11.7 Å². The van der Waals surface area contributed by atoms with E-state index in [0.717, 1.165) is 25.3 Å². The van der Waals surface area contributed by atoms with E-state index in [0.29, 0.717) is 34.8 Å². The van der Waals surface area contributed by atoms with Crippen LogP contribution in [0.4, 0.5) is 0 Å². The number of hydrazone groups is 1. The van der Waals surface area contributed by atoms with Crippen molar-refractivity contribution < 1.29 is 9.47 Å². The zero-order chi connectivity index (χ0) is 21.8. The zero-order valence-corrected chi connectivity index (χ0v) is 21.1. The molecule has 1 aliphatic heterocycles. The van der Waals surface area contributed by atoms with Crippen LogP contribution in [-0.2, 0) is 6.61 Å². The maximum Gasteiger partial charge on any atom is 0.174 e. The molecule has 3 aromatic carbocycles. The number of ether oxygens (including phenoxy) is 2. The van der Waals surface area contributed by atoms with Crippen molar-refractivity contribution in [3.63, 3.8) is 0 Å². The SMILES string of the molecule is CCOc1cc([C@@H]2NN=C(c3ccccc3)S2)cc(I)c1OCc1ccc(Cl)cc1Cl. The van der Waals surface area contributed by atoms with E-state index in [1.54, 1.807) is 23.9 Å². The molecule has 0 fully saturated rings. The van der Waals surface area contributed by atoms with Gasteiger partial charge in [0.15, 0.2) is 11.5 Å². The standard InChI is InChI=1S/C23H19Cl2IN2O2S/c1-2-29-20-11-16(23-28-27-22(31-23)14-6-4-3-5-7-14)10-19(26)21(20)30-13-15-8-9-17(24)12-18(15)25/h3-12,23,28H,2,13H2,1H3/t23-/m1/s1. The number of halogens is 3. The van der Waals surface area contributed by atoms with Gasteiger partial charge in [-0.15, -0.1) is 0 Å². The molecule has 0 spiro atoms. The molecule has 0 radical (unpaired) electrons. The van der Waals surface area contributed by atoms with E-state index < -0.39 is 0 Å². The second-order valence-electron chi connectivity index (χ2n) is 6.70. The Balaban J connectivity index is 1.54. The van der Waals surface area contributed by atoms with Crippen LogP contribution >= 0.6 is 57.6 Å². The molecule has 0 bridgehead atoms. The van der Waals surface area contributed by atoms with Crippen LogP contribution in [0.1, 0.15) is 29.0 Å². The lowest BCUT2D eigenvalue weighted by atomic mass is 10.2. The molecule has 1 heterocycles. The monoisotopic (exact) mass is 584 g/mol. The molecule has 1 atom stereocenters. The van der Waals surface area contributed by atoms with Crippen LogP contribution in [0.2, 0.25) is 10.0 Å². The van der Waals surface area contributed by atoms with E-state index in [1.807, 2.05) is 37.3 Å². The Labute approximate surface area is 209 Å². The van der Waals surface area contributed by atoms with Crippen LogP contribution in [0.25, 0.3) is 0 Å². The molecule has 0 saturated heterocycles. The van der Waals surface area contributed by atoms with Crippen molar-refractivity contribution in [3.8, 4) is 11.5 Å². The number of nitrogens with zero attached hydrogens (tertiary/aromatic N) is 1. The topological polar surface area (TPSA) is 42.8 Å². The fourth-order valence-electron chi connectivity index (χ4n) is 3.07. The van der Waals surface area contributed by atoms with Gasteiger partial charge in [-0.2, -0.15) is 5.10 Å². The lowest BCUT2D eigenvalue weighted by Gasteiger charge is -2.18. The van der Waals surface area contributed by atoms with Gasteiger partial charge in [-0.1, -0.05) is 71.4 Å². The van der Waals surface area contributed by atoms with Crippen molar-refractivity contribution >= 4 is 62.6 Å². The molecule has 1 N–H and O–H groups in total. The minimum atomic E-state index is 0.00249. The molecule has 0 saturated carbocycles. The molecular formula is C23H19Cl2IN2O2S. The van der Waals surface area contributed by atoms with Crippen molar-refractivity contribution in [2.75, 3.05) is 6.61 Å². The molecular weight excluding hydrogens is 566 g/mol. The predicted molar refractivity (Wildman–Crippen MR) is 138 cm³/mol. The molecule has 0 aromatic heterocycles. The highest BCUT2D eigenvalue weighted by atomic mass is 127. The Morgan fingerprint density at radius 1 is 1.06 bits per heavy atom. The summed E-state index contributed by atoms with van der Waals surface area (Å²) in [6, 6.07) is 19.6. The Morgan fingerprint density at radius 3 is 2.61 bits per heavy atom. The Kier molecular flexibility index (Phi) is 7.53. The fourth-order valence-corrected chi connectivity index (χ4v) is 5.29. The summed E-state index contributed by atoms with van der Waals surface area (Å²) in [5.74, 6) is 1.40. The van der Waals surface area contributed by atoms with Crippen molar-refractivity contribution in [1.82, 2.24) is 5.43 Å². The van der Waals surface area contributed by atoms with Gasteiger partial charge in [0.25, 0.3) is 0 Å². The first-order valence-electron chi connectivity index (χ1n) is 9.63. The minimum absolute atomic E-state index is 0.00249. The lowest BCUT2D eigenvalue weighted by Crippen LogP contribution is -2.09. The Hall–Kier alpha value is -1.61. The normalized spacial score (nSPS) is 15.4. The van der Waals surface area contributed by atoms with Gasteiger partial charge >= 0.3 is 0 Å². The average Bonchev–Trinajstić information content (AvgIpc) is 3.25. The highest BCUT2D eigenvalue weighted by Gasteiger charge is 2.24. The summed E-state index contributed by atoms with van der Waals surface area (Å²) in [4.78, 5) is 0. The fraction of sp³-hybridized carbons (Fsp3) is 0.174. The molecule has 1 aliphatic rings. The number of rotatable bonds is 7. The second kappa shape index (κ2) is 10.3. The van der Waals surface area contributed by atoms with Crippen molar-refractivity contribution in [1.29, 1.82) is 0 Å². The van der Waals surface area contributed by atoms with E-state index in [9.17, 15) is 0 Å². The van der Waals surface area contributed by atoms with Crippen molar-refractivity contribution in [2.45, 2.75) is 18.9 Å². The molecule has 8 heteroatoms. The number of thioether (sulfide) groups is 1. The molecule has 4 nitrogen and oxygen atoms in total. The van der Waals surface area contributed by atoms with Crippen LogP contribution in [0.3, 0.4) is 0 Å². The maximum atomic E-state index is 6.29. The van der Waals surface area contributed by atoms with Crippen LogP contribution in [0.15, 0.2) is 65.8 Å². The van der Waals surface area contributed by atoms with Crippen LogP contribution in [0.5, 0.6) is 11.5 Å². The highest BCUT2D eigenvalue weighted by Crippen LogP contribution is 2.41. The van der Waals surface area contributed by atoms with Crippen molar-refractivity contribution in [2.24, 2.45) is 5.10 Å². The molecule has 160 valence electrons. The van der Waals surface area contributed by atoms with Gasteiger partial charge in [-0.25, -0.2) is 0 Å². The van der Waals surface area contributed by atoms with Gasteiger partial charge in [-0.3, -0.25) is 5.43 Å². The first kappa shape index (κ1) is 22.6. The number of hydrogen-bond acceptors (Lipinski definition) is 5. The van der Waals surface area contributed by atoms with E-state index >= 15 is 0 Å². The maximum absolute atomic E-state index is 6.29. The largest absolute Gasteiger partial charge is 0.490 e. The molecule has 4 rings (SSSR count). The van der Waals surface area contributed by atoms with Gasteiger partial charge in [0.05, 0.1) is 10.2 Å². The first-order chi connectivity index (χ1) is 15.0. The van der Waals surface area contributed by atoms with E-state index in [-0.39, 0.29) is 5.37 Å². The quantitative estimate of drug-likeness (QED) is 0.297. The first-order valence-corrected chi connectivity index (χ1v) is 12.3. The number of nitrogens with one attached hydrogen (secondary N) is 1. The highest BCUT2D eigenvalue weighted by molar-refractivity contribution is 14.1. The third kappa shape index (κ3) is 5.42. The van der Waals surface area contributed by atoms with Gasteiger partial charge in [-0.05, 0) is 59.3 Å². The van der Waals surface area contributed by atoms with Crippen LogP contribution < -0.4 is 14.9 Å². The molecule has 0 amide bonds. The van der Waals surface area contributed by atoms with Gasteiger partial charge in [0.1, 0.15) is 17.0 Å². The number of benzene rings is 3. The molecule has 0 aliphatic carbocycles. The summed E-state index contributed by atoms with van der Waals surface area (Å²) in [5.41, 5.74) is 6.27. The summed E-state index contributed by atoms with van der Waals surface area (Å²) >= 11 is 16.2. The zero-order valence-electron chi connectivity index (χ0n) is 16.6. The third-order valence-electron chi connectivity index (χ3n) is 4.56. The number of hydrogen-bond donors (Lipinski definition) is 1. The summed E-state index contributed by atoms with van der Waals surface area (Å²) in [6.07, 6.45) is 0. The Bertz CT molecular complexity index is 1110. The van der Waals surface area contributed by atoms with E-state index in [4.69, 9.17) is 32.7 Å². The van der Waals surface area contributed by atoms with E-state index in [1.165, 1.54) is 0 Å². The average molecular weight is 585 g/mol. The lowest BCUT2D eigenvalue weighted by molar-refractivity contribution is 0.267. The predicted octanol–water partition coefficient (Wildman–Crippen LogP) is 7.27. The van der Waals surface area contributed by atoms with Gasteiger partial charge < -0.3 is 9.47 Å². The summed E-state index contributed by atoms with van der Waals surface area (Å²) in [5, 5.41) is 6.66. The minimum Gasteiger partial charge on any atom is -0.490 e. The third-order valence-corrected chi connectivity index (χ3v) is 7.11. The molecule has 31 heavy (non-hydrogen) atoms. The van der Waals surface area contributed by atoms with E-state index in [2.05, 4.69) is 51.3 Å². The van der Waals surface area contributed by atoms with Gasteiger partial charge in [0.2, 0.25) is 0 Å². The summed E-state index contributed by atoms with van der Waals surface area (Å²) < 4.78 is 13.0. The summed E-state index contributed by atoms with van der Waals surface area (Å²) in [7, 11) is 0. The van der Waals surface area contributed by atoms with Crippen molar-refractivity contribution in [3.05, 3.63) is 91.0 Å². The van der Waals surface area contributed by atoms with Crippen LogP contribution in [0, 0.1) is 3.57 Å².